The third kappa shape index (κ3) is 5.40. The number of nitrogens with one attached hydrogen (secondary N) is 1. The van der Waals surface area contributed by atoms with E-state index in [1.54, 1.807) is 6.07 Å². The number of hydrogen-bond donors (Lipinski definition) is 1. The van der Waals surface area contributed by atoms with Crippen LogP contribution in [0.5, 0.6) is 0 Å². The second-order valence-electron chi connectivity index (χ2n) is 5.83. The number of nitriles is 1. The van der Waals surface area contributed by atoms with Crippen molar-refractivity contribution in [2.75, 3.05) is 26.0 Å². The molecule has 0 aliphatic carbocycles. The van der Waals surface area contributed by atoms with Crippen molar-refractivity contribution in [3.63, 3.8) is 0 Å². The van der Waals surface area contributed by atoms with Crippen LogP contribution in [0.4, 0.5) is 11.4 Å². The van der Waals surface area contributed by atoms with Crippen LogP contribution < -0.4 is 5.32 Å². The molecule has 21 heavy (non-hydrogen) atoms. The van der Waals surface area contributed by atoms with Crippen LogP contribution in [0.15, 0.2) is 18.2 Å². The van der Waals surface area contributed by atoms with Gasteiger partial charge in [0, 0.05) is 24.7 Å². The Kier molecular flexibility index (Phi) is 6.12. The number of anilines is 1. The van der Waals surface area contributed by atoms with E-state index in [0.29, 0.717) is 17.2 Å². The summed E-state index contributed by atoms with van der Waals surface area (Å²) in [5.74, 6) is 0.519. The highest BCUT2D eigenvalue weighted by Crippen LogP contribution is 2.23. The first kappa shape index (κ1) is 16.9. The number of nitro benzene ring substituents is 1. The molecule has 0 fully saturated rings. The van der Waals surface area contributed by atoms with Crippen molar-refractivity contribution >= 4 is 11.4 Å². The van der Waals surface area contributed by atoms with Crippen molar-refractivity contribution in [2.45, 2.75) is 26.3 Å². The minimum absolute atomic E-state index is 0.0647. The summed E-state index contributed by atoms with van der Waals surface area (Å²) in [5.41, 5.74) is 0.887. The molecule has 0 aliphatic rings. The van der Waals surface area contributed by atoms with Gasteiger partial charge in [-0.05, 0) is 32.5 Å². The number of nitrogens with zero attached hydrogens (tertiary/aromatic N) is 3. The minimum Gasteiger partial charge on any atom is -0.380 e. The average Bonchev–Trinajstić information content (AvgIpc) is 2.37. The van der Waals surface area contributed by atoms with E-state index in [1.807, 2.05) is 20.2 Å². The molecule has 1 atom stereocenters. The van der Waals surface area contributed by atoms with Crippen molar-refractivity contribution in [2.24, 2.45) is 5.92 Å². The summed E-state index contributed by atoms with van der Waals surface area (Å²) >= 11 is 0. The summed E-state index contributed by atoms with van der Waals surface area (Å²) in [5, 5.41) is 23.3. The van der Waals surface area contributed by atoms with Gasteiger partial charge in [0.05, 0.1) is 16.2 Å². The lowest BCUT2D eigenvalue weighted by molar-refractivity contribution is -0.384. The zero-order chi connectivity index (χ0) is 16.0. The van der Waals surface area contributed by atoms with Gasteiger partial charge in [0.15, 0.2) is 0 Å². The SMILES string of the molecule is CC(C)CC(CN(C)C)Nc1ccc([N+](=O)[O-])cc1C#N. The van der Waals surface area contributed by atoms with Crippen molar-refractivity contribution in [3.05, 3.63) is 33.9 Å². The molecule has 0 spiro atoms. The zero-order valence-corrected chi connectivity index (χ0v) is 13.0. The van der Waals surface area contributed by atoms with E-state index in [1.165, 1.54) is 12.1 Å². The van der Waals surface area contributed by atoms with Crippen LogP contribution >= 0.6 is 0 Å². The summed E-state index contributed by atoms with van der Waals surface area (Å²) in [6.07, 6.45) is 0.958. The molecule has 0 bridgehead atoms. The third-order valence-electron chi connectivity index (χ3n) is 3.04. The van der Waals surface area contributed by atoms with E-state index in [9.17, 15) is 15.4 Å². The fraction of sp³-hybridized carbons (Fsp3) is 0.533. The van der Waals surface area contributed by atoms with E-state index in [4.69, 9.17) is 0 Å². The summed E-state index contributed by atoms with van der Waals surface area (Å²) in [6, 6.07) is 6.55. The lowest BCUT2D eigenvalue weighted by Gasteiger charge is -2.25. The Morgan fingerprint density at radius 3 is 2.57 bits per heavy atom. The summed E-state index contributed by atoms with van der Waals surface area (Å²) in [6.45, 7) is 5.12. The number of likely N-dealkylation sites (N-methyl/N-ethyl adjacent to an activating group) is 1. The summed E-state index contributed by atoms with van der Waals surface area (Å²) < 4.78 is 0. The molecule has 0 heterocycles. The van der Waals surface area contributed by atoms with Gasteiger partial charge >= 0.3 is 0 Å². The summed E-state index contributed by atoms with van der Waals surface area (Å²) in [7, 11) is 3.99. The van der Waals surface area contributed by atoms with Gasteiger partial charge in [-0.25, -0.2) is 0 Å². The first-order chi connectivity index (χ1) is 9.83. The van der Waals surface area contributed by atoms with Crippen LogP contribution in [-0.4, -0.2) is 36.5 Å². The van der Waals surface area contributed by atoms with Crippen molar-refractivity contribution in [3.8, 4) is 6.07 Å². The van der Waals surface area contributed by atoms with E-state index in [0.717, 1.165) is 13.0 Å². The van der Waals surface area contributed by atoms with E-state index in [-0.39, 0.29) is 11.7 Å². The molecule has 0 aliphatic heterocycles. The first-order valence-electron chi connectivity index (χ1n) is 6.93. The second kappa shape index (κ2) is 7.60. The van der Waals surface area contributed by atoms with Crippen LogP contribution in [0.1, 0.15) is 25.8 Å². The average molecular weight is 290 g/mol. The van der Waals surface area contributed by atoms with Crippen LogP contribution in [0.2, 0.25) is 0 Å². The first-order valence-corrected chi connectivity index (χ1v) is 6.93. The molecular formula is C15H22N4O2. The third-order valence-corrected chi connectivity index (χ3v) is 3.04. The van der Waals surface area contributed by atoms with Gasteiger partial charge < -0.3 is 10.2 Å². The van der Waals surface area contributed by atoms with E-state index < -0.39 is 4.92 Å². The van der Waals surface area contributed by atoms with Crippen LogP contribution in [0, 0.1) is 27.4 Å². The van der Waals surface area contributed by atoms with Gasteiger partial charge in [0.1, 0.15) is 6.07 Å². The predicted molar refractivity (Wildman–Crippen MR) is 83.2 cm³/mol. The second-order valence-corrected chi connectivity index (χ2v) is 5.83. The van der Waals surface area contributed by atoms with Gasteiger partial charge in [-0.2, -0.15) is 5.26 Å². The van der Waals surface area contributed by atoms with Crippen LogP contribution in [0.25, 0.3) is 0 Å². The molecule has 0 radical (unpaired) electrons. The Morgan fingerprint density at radius 2 is 2.10 bits per heavy atom. The maximum Gasteiger partial charge on any atom is 0.270 e. The Bertz CT molecular complexity index is 525. The van der Waals surface area contributed by atoms with Crippen molar-refractivity contribution in [1.29, 1.82) is 5.26 Å². The van der Waals surface area contributed by atoms with E-state index >= 15 is 0 Å². The van der Waals surface area contributed by atoms with Crippen LogP contribution in [-0.2, 0) is 0 Å². The zero-order valence-electron chi connectivity index (χ0n) is 13.0. The number of nitro groups is 1. The quantitative estimate of drug-likeness (QED) is 0.616. The highest BCUT2D eigenvalue weighted by molar-refractivity contribution is 5.61. The summed E-state index contributed by atoms with van der Waals surface area (Å²) in [4.78, 5) is 12.4. The standard InChI is InChI=1S/C15H22N4O2/c1-11(2)7-13(10-18(3)4)17-15-6-5-14(19(20)21)8-12(15)9-16/h5-6,8,11,13,17H,7,10H2,1-4H3. The largest absolute Gasteiger partial charge is 0.380 e. The van der Waals surface area contributed by atoms with Crippen LogP contribution in [0.3, 0.4) is 0 Å². The molecule has 0 aromatic heterocycles. The Labute approximate surface area is 125 Å². The van der Waals surface area contributed by atoms with Gasteiger partial charge in [-0.1, -0.05) is 13.8 Å². The molecule has 6 nitrogen and oxygen atoms in total. The maximum absolute atomic E-state index is 10.8. The molecule has 0 saturated heterocycles. The number of rotatable bonds is 7. The van der Waals surface area contributed by atoms with Gasteiger partial charge in [-0.3, -0.25) is 10.1 Å². The molecule has 1 rings (SSSR count). The monoisotopic (exact) mass is 290 g/mol. The molecule has 6 heteroatoms. The van der Waals surface area contributed by atoms with Gasteiger partial charge in [0.25, 0.3) is 5.69 Å². The molecular weight excluding hydrogens is 268 g/mol. The Balaban J connectivity index is 2.97. The molecule has 0 saturated carbocycles. The number of hydrogen-bond acceptors (Lipinski definition) is 5. The lowest BCUT2D eigenvalue weighted by Crippen LogP contribution is -2.33. The highest BCUT2D eigenvalue weighted by atomic mass is 16.6. The minimum atomic E-state index is -0.490. The van der Waals surface area contributed by atoms with Crippen molar-refractivity contribution < 1.29 is 4.92 Å². The molecule has 1 aromatic carbocycles. The molecule has 0 amide bonds. The fourth-order valence-corrected chi connectivity index (χ4v) is 2.27. The Morgan fingerprint density at radius 1 is 1.43 bits per heavy atom. The Hall–Kier alpha value is -2.13. The molecule has 1 N–H and O–H groups in total. The van der Waals surface area contributed by atoms with Crippen molar-refractivity contribution in [1.82, 2.24) is 4.90 Å². The van der Waals surface area contributed by atoms with Gasteiger partial charge in [0.2, 0.25) is 0 Å². The normalized spacial score (nSPS) is 12.2. The molecule has 1 unspecified atom stereocenters. The smallest absolute Gasteiger partial charge is 0.270 e. The number of benzene rings is 1. The molecule has 1 aromatic rings. The number of non-ortho nitro benzene ring substituents is 1. The maximum atomic E-state index is 10.8. The fourth-order valence-electron chi connectivity index (χ4n) is 2.27. The topological polar surface area (TPSA) is 82.2 Å². The molecule has 114 valence electrons. The lowest BCUT2D eigenvalue weighted by atomic mass is 10.0. The van der Waals surface area contributed by atoms with Gasteiger partial charge in [-0.15, -0.1) is 0 Å². The predicted octanol–water partition coefficient (Wildman–Crippen LogP) is 2.85. The van der Waals surface area contributed by atoms with E-state index in [2.05, 4.69) is 24.1 Å². The highest BCUT2D eigenvalue weighted by Gasteiger charge is 2.16.